The van der Waals surface area contributed by atoms with Gasteiger partial charge in [-0.1, -0.05) is 40.5 Å². The lowest BCUT2D eigenvalue weighted by Crippen LogP contribution is -2.53. The van der Waals surface area contributed by atoms with Gasteiger partial charge >= 0.3 is 0 Å². The molecule has 1 heterocycles. The van der Waals surface area contributed by atoms with E-state index in [9.17, 15) is 18.0 Å². The third-order valence-corrected chi connectivity index (χ3v) is 7.97. The van der Waals surface area contributed by atoms with E-state index in [0.717, 1.165) is 30.5 Å². The number of hydrogen-bond acceptors (Lipinski definition) is 4. The summed E-state index contributed by atoms with van der Waals surface area (Å²) in [6, 6.07) is 4.08. The number of hydrogen-bond donors (Lipinski definition) is 2. The van der Waals surface area contributed by atoms with Gasteiger partial charge in [-0.05, 0) is 54.9 Å². The monoisotopic (exact) mass is 449 g/mol. The minimum Gasteiger partial charge on any atom is -0.352 e. The standard InChI is InChI=1S/C23H35N3O4S/c1-5-21(27)26-13-12-17-14-18(10-11-20(17)26)31(29,30)25-22(15(2)3)23(28)24-19-9-7-6-8-16(19)4/h10-11,14-16,19,22,25H,5-9,12-13H2,1-4H3,(H,24,28). The Kier molecular flexibility index (Phi) is 7.42. The van der Waals surface area contributed by atoms with Crippen LogP contribution in [0.25, 0.3) is 0 Å². The Bertz CT molecular complexity index is 929. The van der Waals surface area contributed by atoms with Gasteiger partial charge in [0.2, 0.25) is 21.8 Å². The van der Waals surface area contributed by atoms with Gasteiger partial charge in [0.15, 0.2) is 0 Å². The molecule has 0 aromatic heterocycles. The molecule has 172 valence electrons. The van der Waals surface area contributed by atoms with E-state index in [1.165, 1.54) is 12.5 Å². The number of nitrogens with zero attached hydrogens (tertiary/aromatic N) is 1. The molecule has 1 aromatic rings. The SMILES string of the molecule is CCC(=O)N1CCc2cc(S(=O)(=O)NC(C(=O)NC3CCCCC3C)C(C)C)ccc21. The summed E-state index contributed by atoms with van der Waals surface area (Å²) in [5.74, 6) is -0.0347. The lowest BCUT2D eigenvalue weighted by molar-refractivity contribution is -0.125. The van der Waals surface area contributed by atoms with E-state index in [4.69, 9.17) is 0 Å². The maximum absolute atomic E-state index is 13.1. The van der Waals surface area contributed by atoms with Crippen LogP contribution < -0.4 is 14.9 Å². The van der Waals surface area contributed by atoms with Crippen LogP contribution in [0.1, 0.15) is 65.4 Å². The summed E-state index contributed by atoms with van der Waals surface area (Å²) >= 11 is 0. The quantitative estimate of drug-likeness (QED) is 0.669. The summed E-state index contributed by atoms with van der Waals surface area (Å²) in [6.45, 7) is 8.20. The molecular formula is C23H35N3O4S. The smallest absolute Gasteiger partial charge is 0.241 e. The van der Waals surface area contributed by atoms with Crippen molar-refractivity contribution >= 4 is 27.5 Å². The third-order valence-electron chi connectivity index (χ3n) is 6.53. The molecule has 8 heteroatoms. The lowest BCUT2D eigenvalue weighted by Gasteiger charge is -2.32. The number of sulfonamides is 1. The molecule has 31 heavy (non-hydrogen) atoms. The van der Waals surface area contributed by atoms with Crippen LogP contribution in [-0.4, -0.2) is 38.9 Å². The number of nitrogens with one attached hydrogen (secondary N) is 2. The van der Waals surface area contributed by atoms with Gasteiger partial charge in [-0.2, -0.15) is 4.72 Å². The van der Waals surface area contributed by atoms with Crippen LogP contribution in [0.2, 0.25) is 0 Å². The number of anilines is 1. The number of rotatable bonds is 7. The van der Waals surface area contributed by atoms with Crippen LogP contribution >= 0.6 is 0 Å². The van der Waals surface area contributed by atoms with Crippen LogP contribution in [0.3, 0.4) is 0 Å². The predicted octanol–water partition coefficient (Wildman–Crippen LogP) is 2.98. The van der Waals surface area contributed by atoms with E-state index in [-0.39, 0.29) is 28.7 Å². The van der Waals surface area contributed by atoms with Gasteiger partial charge in [0.05, 0.1) is 4.90 Å². The van der Waals surface area contributed by atoms with Gasteiger partial charge in [-0.3, -0.25) is 9.59 Å². The highest BCUT2D eigenvalue weighted by Crippen LogP contribution is 2.31. The minimum atomic E-state index is -3.88. The van der Waals surface area contributed by atoms with E-state index in [2.05, 4.69) is 17.0 Å². The van der Waals surface area contributed by atoms with Crippen LogP contribution in [0.4, 0.5) is 5.69 Å². The van der Waals surface area contributed by atoms with Crippen LogP contribution in [-0.2, 0) is 26.0 Å². The molecule has 0 bridgehead atoms. The summed E-state index contributed by atoms with van der Waals surface area (Å²) in [4.78, 5) is 26.9. The zero-order valence-electron chi connectivity index (χ0n) is 19.0. The summed E-state index contributed by atoms with van der Waals surface area (Å²) in [5.41, 5.74) is 1.61. The van der Waals surface area contributed by atoms with Crippen LogP contribution in [0, 0.1) is 11.8 Å². The number of amides is 2. The molecule has 1 saturated carbocycles. The van der Waals surface area contributed by atoms with Gasteiger partial charge in [-0.15, -0.1) is 0 Å². The Hall–Kier alpha value is -1.93. The Labute approximate surface area is 186 Å². The molecular weight excluding hydrogens is 414 g/mol. The largest absolute Gasteiger partial charge is 0.352 e. The van der Waals surface area contributed by atoms with E-state index in [1.807, 2.05) is 20.8 Å². The average Bonchev–Trinajstić information content (AvgIpc) is 3.16. The molecule has 3 rings (SSSR count). The van der Waals surface area contributed by atoms with Crippen molar-refractivity contribution in [1.29, 1.82) is 0 Å². The van der Waals surface area contributed by atoms with Crippen molar-refractivity contribution in [1.82, 2.24) is 10.0 Å². The van der Waals surface area contributed by atoms with Gasteiger partial charge < -0.3 is 10.2 Å². The highest BCUT2D eigenvalue weighted by atomic mass is 32.2. The van der Waals surface area contributed by atoms with E-state index >= 15 is 0 Å². The van der Waals surface area contributed by atoms with Gasteiger partial charge in [-0.25, -0.2) is 8.42 Å². The second kappa shape index (κ2) is 9.69. The van der Waals surface area contributed by atoms with Gasteiger partial charge in [0.25, 0.3) is 0 Å². The Morgan fingerprint density at radius 1 is 1.19 bits per heavy atom. The first-order chi connectivity index (χ1) is 14.6. The van der Waals surface area contributed by atoms with Crippen molar-refractivity contribution in [3.63, 3.8) is 0 Å². The molecule has 2 aliphatic rings. The first-order valence-electron chi connectivity index (χ1n) is 11.4. The summed E-state index contributed by atoms with van der Waals surface area (Å²) in [7, 11) is -3.88. The molecule has 0 radical (unpaired) electrons. The van der Waals surface area contributed by atoms with E-state index < -0.39 is 16.1 Å². The normalized spacial score (nSPS) is 22.3. The molecule has 3 atom stereocenters. The molecule has 7 nitrogen and oxygen atoms in total. The maximum Gasteiger partial charge on any atom is 0.241 e. The molecule has 2 amide bonds. The van der Waals surface area contributed by atoms with E-state index in [0.29, 0.717) is 25.3 Å². The highest BCUT2D eigenvalue weighted by molar-refractivity contribution is 7.89. The second-order valence-corrected chi connectivity index (χ2v) is 10.9. The molecule has 2 N–H and O–H groups in total. The molecule has 0 saturated heterocycles. The molecule has 1 aromatic carbocycles. The molecule has 3 unspecified atom stereocenters. The Morgan fingerprint density at radius 2 is 1.90 bits per heavy atom. The van der Waals surface area contributed by atoms with Gasteiger partial charge in [0, 0.05) is 24.7 Å². The molecule has 1 aliphatic heterocycles. The summed E-state index contributed by atoms with van der Waals surface area (Å²) in [5, 5.41) is 3.08. The van der Waals surface area contributed by atoms with Crippen molar-refractivity contribution < 1.29 is 18.0 Å². The fourth-order valence-electron chi connectivity index (χ4n) is 4.53. The Balaban J connectivity index is 1.76. The lowest BCUT2D eigenvalue weighted by atomic mass is 9.85. The minimum absolute atomic E-state index is 0.0287. The van der Waals surface area contributed by atoms with Crippen molar-refractivity contribution in [3.8, 4) is 0 Å². The average molecular weight is 450 g/mol. The molecule has 0 spiro atoms. The summed E-state index contributed by atoms with van der Waals surface area (Å²) in [6.07, 6.45) is 5.30. The number of benzene rings is 1. The second-order valence-electron chi connectivity index (χ2n) is 9.16. The molecule has 1 aliphatic carbocycles. The first-order valence-corrected chi connectivity index (χ1v) is 12.9. The van der Waals surface area contributed by atoms with Gasteiger partial charge in [0.1, 0.15) is 6.04 Å². The topological polar surface area (TPSA) is 95.6 Å². The fourth-order valence-corrected chi connectivity index (χ4v) is 5.92. The third kappa shape index (κ3) is 5.29. The Morgan fingerprint density at radius 3 is 2.55 bits per heavy atom. The summed E-state index contributed by atoms with van der Waals surface area (Å²) < 4.78 is 28.8. The van der Waals surface area contributed by atoms with Crippen LogP contribution in [0.15, 0.2) is 23.1 Å². The van der Waals surface area contributed by atoms with Crippen molar-refractivity contribution in [2.45, 2.75) is 83.2 Å². The molecule has 1 fully saturated rings. The number of carbonyl (C=O) groups excluding carboxylic acids is 2. The maximum atomic E-state index is 13.1. The first kappa shape index (κ1) is 23.7. The van der Waals surface area contributed by atoms with Crippen molar-refractivity contribution in [2.75, 3.05) is 11.4 Å². The number of carbonyl (C=O) groups is 2. The number of fused-ring (bicyclic) bond motifs is 1. The van der Waals surface area contributed by atoms with Crippen molar-refractivity contribution in [2.24, 2.45) is 11.8 Å². The fraction of sp³-hybridized carbons (Fsp3) is 0.652. The zero-order chi connectivity index (χ0) is 22.8. The zero-order valence-corrected chi connectivity index (χ0v) is 19.8. The van der Waals surface area contributed by atoms with E-state index in [1.54, 1.807) is 17.0 Å². The van der Waals surface area contributed by atoms with Crippen molar-refractivity contribution in [3.05, 3.63) is 23.8 Å². The highest BCUT2D eigenvalue weighted by Gasteiger charge is 2.32. The predicted molar refractivity (Wildman–Crippen MR) is 121 cm³/mol. The van der Waals surface area contributed by atoms with Crippen LogP contribution in [0.5, 0.6) is 0 Å².